The van der Waals surface area contributed by atoms with Crippen LogP contribution in [0.3, 0.4) is 0 Å². The predicted octanol–water partition coefficient (Wildman–Crippen LogP) is 1.43. The molecule has 6 nitrogen and oxygen atoms in total. The molecule has 0 radical (unpaired) electrons. The highest BCUT2D eigenvalue weighted by atomic mass is 32.2. The van der Waals surface area contributed by atoms with Crippen molar-refractivity contribution in [1.29, 1.82) is 0 Å². The summed E-state index contributed by atoms with van der Waals surface area (Å²) in [6, 6.07) is 2.80. The highest BCUT2D eigenvalue weighted by Gasteiger charge is 2.56. The summed E-state index contributed by atoms with van der Waals surface area (Å²) in [4.78, 5) is 3.86. The lowest BCUT2D eigenvalue weighted by atomic mass is 9.83. The summed E-state index contributed by atoms with van der Waals surface area (Å²) in [5.41, 5.74) is -0.507. The Labute approximate surface area is 135 Å². The SMILES string of the molecule is CC(C)S(=O)(=O)N1CC2(C1)OCC[C@H]2COc1ncccc1F. The maximum Gasteiger partial charge on any atom is 0.250 e. The van der Waals surface area contributed by atoms with Crippen molar-refractivity contribution >= 4 is 10.0 Å². The molecule has 2 fully saturated rings. The fourth-order valence-corrected chi connectivity index (χ4v) is 4.45. The molecule has 0 aliphatic carbocycles. The zero-order valence-electron chi connectivity index (χ0n) is 13.2. The minimum absolute atomic E-state index is 0.0273. The van der Waals surface area contributed by atoms with E-state index in [1.54, 1.807) is 13.8 Å². The van der Waals surface area contributed by atoms with Crippen LogP contribution in [0.15, 0.2) is 18.3 Å². The molecule has 0 bridgehead atoms. The highest BCUT2D eigenvalue weighted by molar-refractivity contribution is 7.89. The average molecular weight is 344 g/mol. The average Bonchev–Trinajstić information content (AvgIpc) is 2.88. The van der Waals surface area contributed by atoms with E-state index in [1.807, 2.05) is 0 Å². The van der Waals surface area contributed by atoms with Crippen molar-refractivity contribution in [2.45, 2.75) is 31.1 Å². The Balaban J connectivity index is 1.63. The van der Waals surface area contributed by atoms with Crippen LogP contribution in [0.5, 0.6) is 5.88 Å². The van der Waals surface area contributed by atoms with E-state index in [4.69, 9.17) is 9.47 Å². The first-order valence-corrected chi connectivity index (χ1v) is 9.22. The van der Waals surface area contributed by atoms with Gasteiger partial charge in [-0.25, -0.2) is 17.8 Å². The summed E-state index contributed by atoms with van der Waals surface area (Å²) in [6.07, 6.45) is 2.24. The molecule has 0 amide bonds. The number of halogens is 1. The molecule has 128 valence electrons. The third kappa shape index (κ3) is 2.95. The third-order valence-corrected chi connectivity index (χ3v) is 6.76. The number of ether oxygens (including phenoxy) is 2. The fourth-order valence-electron chi connectivity index (χ4n) is 3.06. The van der Waals surface area contributed by atoms with Crippen LogP contribution < -0.4 is 4.74 Å². The lowest BCUT2D eigenvalue weighted by molar-refractivity contribution is -0.108. The molecule has 0 unspecified atom stereocenters. The first kappa shape index (κ1) is 16.6. The molecule has 23 heavy (non-hydrogen) atoms. The van der Waals surface area contributed by atoms with Gasteiger partial charge in [-0.05, 0) is 32.4 Å². The summed E-state index contributed by atoms with van der Waals surface area (Å²) >= 11 is 0. The van der Waals surface area contributed by atoms with Crippen LogP contribution >= 0.6 is 0 Å². The normalized spacial score (nSPS) is 24.1. The molecule has 2 aliphatic rings. The molecule has 3 rings (SSSR count). The zero-order valence-corrected chi connectivity index (χ0v) is 14.1. The molecular weight excluding hydrogens is 323 g/mol. The lowest BCUT2D eigenvalue weighted by Crippen LogP contribution is -2.67. The van der Waals surface area contributed by atoms with Crippen LogP contribution in [0.1, 0.15) is 20.3 Å². The Morgan fingerprint density at radius 3 is 2.91 bits per heavy atom. The second-order valence-electron chi connectivity index (χ2n) is 6.36. The number of nitrogens with zero attached hydrogens (tertiary/aromatic N) is 2. The van der Waals surface area contributed by atoms with Crippen molar-refractivity contribution in [1.82, 2.24) is 9.29 Å². The van der Waals surface area contributed by atoms with E-state index in [9.17, 15) is 12.8 Å². The van der Waals surface area contributed by atoms with Gasteiger partial charge < -0.3 is 9.47 Å². The molecule has 1 atom stereocenters. The molecule has 3 heterocycles. The van der Waals surface area contributed by atoms with E-state index in [1.165, 1.54) is 22.6 Å². The van der Waals surface area contributed by atoms with Gasteiger partial charge in [-0.3, -0.25) is 0 Å². The van der Waals surface area contributed by atoms with Crippen molar-refractivity contribution in [3.63, 3.8) is 0 Å². The summed E-state index contributed by atoms with van der Waals surface area (Å²) in [5.74, 6) is -0.499. The van der Waals surface area contributed by atoms with Crippen molar-refractivity contribution in [3.8, 4) is 5.88 Å². The van der Waals surface area contributed by atoms with Crippen LogP contribution in [0.25, 0.3) is 0 Å². The Morgan fingerprint density at radius 2 is 2.26 bits per heavy atom. The largest absolute Gasteiger partial charge is 0.475 e. The number of hydrogen-bond donors (Lipinski definition) is 0. The van der Waals surface area contributed by atoms with Crippen molar-refractivity contribution in [2.24, 2.45) is 5.92 Å². The van der Waals surface area contributed by atoms with Crippen LogP contribution in [-0.2, 0) is 14.8 Å². The molecule has 0 aromatic carbocycles. The molecular formula is C15H21FN2O4S. The van der Waals surface area contributed by atoms with Crippen LogP contribution in [0.4, 0.5) is 4.39 Å². The van der Waals surface area contributed by atoms with Gasteiger partial charge in [0.25, 0.3) is 0 Å². The van der Waals surface area contributed by atoms with Crippen LogP contribution in [0.2, 0.25) is 0 Å². The van der Waals surface area contributed by atoms with E-state index < -0.39 is 26.7 Å². The number of rotatable bonds is 5. The fraction of sp³-hybridized carbons (Fsp3) is 0.667. The van der Waals surface area contributed by atoms with Gasteiger partial charge in [0.1, 0.15) is 5.60 Å². The minimum atomic E-state index is -3.26. The minimum Gasteiger partial charge on any atom is -0.475 e. The van der Waals surface area contributed by atoms with E-state index in [0.29, 0.717) is 19.7 Å². The van der Waals surface area contributed by atoms with Gasteiger partial charge in [-0.1, -0.05) is 0 Å². The molecule has 2 saturated heterocycles. The van der Waals surface area contributed by atoms with E-state index in [-0.39, 0.29) is 18.4 Å². The number of aromatic nitrogens is 1. The molecule has 1 aromatic rings. The van der Waals surface area contributed by atoms with E-state index in [2.05, 4.69) is 4.98 Å². The Kier molecular flexibility index (Phi) is 4.33. The highest BCUT2D eigenvalue weighted by Crippen LogP contribution is 2.41. The number of hydrogen-bond acceptors (Lipinski definition) is 5. The molecule has 8 heteroatoms. The third-order valence-electron chi connectivity index (χ3n) is 4.59. The first-order valence-electron chi connectivity index (χ1n) is 7.71. The Morgan fingerprint density at radius 1 is 1.52 bits per heavy atom. The van der Waals surface area contributed by atoms with Gasteiger partial charge in [0.05, 0.1) is 11.9 Å². The van der Waals surface area contributed by atoms with Gasteiger partial charge >= 0.3 is 0 Å². The monoisotopic (exact) mass is 344 g/mol. The van der Waals surface area contributed by atoms with Gasteiger partial charge in [-0.2, -0.15) is 4.31 Å². The summed E-state index contributed by atoms with van der Waals surface area (Å²) < 4.78 is 50.6. The summed E-state index contributed by atoms with van der Waals surface area (Å²) in [5, 5.41) is -0.446. The second kappa shape index (κ2) is 5.99. The van der Waals surface area contributed by atoms with Crippen LogP contribution in [0, 0.1) is 11.7 Å². The molecule has 0 N–H and O–H groups in total. The van der Waals surface area contributed by atoms with Crippen molar-refractivity contribution in [2.75, 3.05) is 26.3 Å². The zero-order chi connectivity index (χ0) is 16.7. The molecule has 1 aromatic heterocycles. The van der Waals surface area contributed by atoms with Crippen LogP contribution in [-0.4, -0.2) is 54.9 Å². The van der Waals surface area contributed by atoms with Gasteiger partial charge in [0.2, 0.25) is 15.9 Å². The van der Waals surface area contributed by atoms with Gasteiger partial charge in [0, 0.05) is 31.8 Å². The second-order valence-corrected chi connectivity index (χ2v) is 8.85. The van der Waals surface area contributed by atoms with Gasteiger partial charge in [0.15, 0.2) is 5.82 Å². The number of pyridine rings is 1. The Hall–Kier alpha value is -1.25. The maximum absolute atomic E-state index is 13.6. The topological polar surface area (TPSA) is 68.7 Å². The lowest BCUT2D eigenvalue weighted by Gasteiger charge is -2.49. The number of sulfonamides is 1. The maximum atomic E-state index is 13.6. The molecule has 2 aliphatic heterocycles. The first-order chi connectivity index (χ1) is 10.8. The van der Waals surface area contributed by atoms with E-state index in [0.717, 1.165) is 6.42 Å². The Bertz CT molecular complexity index is 674. The summed E-state index contributed by atoms with van der Waals surface area (Å²) in [6.45, 7) is 4.84. The summed E-state index contributed by atoms with van der Waals surface area (Å²) in [7, 11) is -3.26. The standard InChI is InChI=1S/C15H21FN2O4S/c1-11(2)23(19,20)18-9-15(10-18)12(5-7-22-15)8-21-14-13(16)4-3-6-17-14/h3-4,6,11-12H,5,7-10H2,1-2H3/t12-/m0/s1. The molecule has 1 spiro atoms. The quantitative estimate of drug-likeness (QED) is 0.808. The smallest absolute Gasteiger partial charge is 0.250 e. The predicted molar refractivity (Wildman–Crippen MR) is 82.1 cm³/mol. The van der Waals surface area contributed by atoms with Gasteiger partial charge in [-0.15, -0.1) is 0 Å². The van der Waals surface area contributed by atoms with E-state index >= 15 is 0 Å². The molecule has 0 saturated carbocycles. The van der Waals surface area contributed by atoms with Crippen molar-refractivity contribution in [3.05, 3.63) is 24.1 Å². The van der Waals surface area contributed by atoms with Crippen molar-refractivity contribution < 1.29 is 22.3 Å².